The molecule has 10 rings (SSSR count). The van der Waals surface area contributed by atoms with Gasteiger partial charge in [-0.3, -0.25) is 56.6 Å². The molecule has 0 spiro atoms. The Morgan fingerprint density at radius 2 is 0.393 bits per heavy atom. The molecule has 4 fully saturated rings. The first-order valence-corrected chi connectivity index (χ1v) is 21.0. The van der Waals surface area contributed by atoms with E-state index in [2.05, 4.69) is 0 Å². The van der Waals surface area contributed by atoms with E-state index in [0.717, 1.165) is 128 Å². The molecule has 292 valence electrons. The van der Waals surface area contributed by atoms with Crippen molar-refractivity contribution in [1.29, 1.82) is 0 Å². The van der Waals surface area contributed by atoms with E-state index in [9.17, 15) is 38.4 Å². The number of hydrogen-bond acceptors (Lipinski definition) is 8. The number of nitrogens with zero attached hydrogens (tertiary/aromatic N) is 4. The Hall–Kier alpha value is -5.00. The number of benzene rings is 2. The van der Waals surface area contributed by atoms with Gasteiger partial charge in [0.15, 0.2) is 0 Å². The summed E-state index contributed by atoms with van der Waals surface area (Å²) in [5.41, 5.74) is -2.51. The van der Waals surface area contributed by atoms with E-state index in [1.165, 1.54) is 42.5 Å². The molecular weight excluding hydrogens is 713 g/mol. The Labute approximate surface area is 320 Å². The van der Waals surface area contributed by atoms with Gasteiger partial charge in [0, 0.05) is 24.2 Å². The van der Waals surface area contributed by atoms with E-state index < -0.39 is 0 Å². The number of rotatable bonds is 4. The van der Waals surface area contributed by atoms with Crippen molar-refractivity contribution in [3.05, 3.63) is 107 Å². The van der Waals surface area contributed by atoms with Crippen LogP contribution in [0.1, 0.15) is 153 Å². The molecular formula is C44H48N4O8. The van der Waals surface area contributed by atoms with Crippen LogP contribution >= 0.6 is 0 Å². The van der Waals surface area contributed by atoms with Gasteiger partial charge >= 0.3 is 0 Å². The normalized spacial score (nSPS) is 19.7. The van der Waals surface area contributed by atoms with Crippen molar-refractivity contribution < 1.29 is 0 Å². The predicted octanol–water partition coefficient (Wildman–Crippen LogP) is 5.85. The van der Waals surface area contributed by atoms with Crippen molar-refractivity contribution in [2.45, 2.75) is 153 Å². The molecule has 12 nitrogen and oxygen atoms in total. The van der Waals surface area contributed by atoms with Crippen LogP contribution in [-0.2, 0) is 0 Å². The largest absolute Gasteiger partial charge is 0.271 e. The van der Waals surface area contributed by atoms with E-state index >= 15 is 0 Å². The van der Waals surface area contributed by atoms with Crippen LogP contribution in [-0.4, -0.2) is 18.3 Å². The zero-order valence-corrected chi connectivity index (χ0v) is 31.8. The second-order valence-electron chi connectivity index (χ2n) is 17.0. The van der Waals surface area contributed by atoms with Crippen molar-refractivity contribution in [2.24, 2.45) is 0 Å². The van der Waals surface area contributed by atoms with Gasteiger partial charge in [0.05, 0.1) is 43.1 Å². The molecule has 0 saturated heterocycles. The van der Waals surface area contributed by atoms with Gasteiger partial charge in [-0.05, 0) is 75.6 Å². The second-order valence-corrected chi connectivity index (χ2v) is 17.0. The second kappa shape index (κ2) is 14.5. The lowest BCUT2D eigenvalue weighted by molar-refractivity contribution is 0.344. The maximum absolute atomic E-state index is 13.0. The maximum Gasteiger partial charge on any atom is 0.261 e. The summed E-state index contributed by atoms with van der Waals surface area (Å²) < 4.78 is 5.47. The van der Waals surface area contributed by atoms with Gasteiger partial charge in [0.2, 0.25) is 0 Å². The Bertz CT molecular complexity index is 2370. The van der Waals surface area contributed by atoms with Gasteiger partial charge in [0.25, 0.3) is 44.5 Å². The van der Waals surface area contributed by atoms with Crippen molar-refractivity contribution in [3.8, 4) is 0 Å². The van der Waals surface area contributed by atoms with Crippen LogP contribution in [0.15, 0.2) is 62.6 Å². The van der Waals surface area contributed by atoms with E-state index in [1.54, 1.807) is 0 Å². The fourth-order valence-corrected chi connectivity index (χ4v) is 10.7. The topological polar surface area (TPSA) is 156 Å². The van der Waals surface area contributed by atoms with E-state index in [1.807, 2.05) is 0 Å². The van der Waals surface area contributed by atoms with Crippen LogP contribution < -0.4 is 44.5 Å². The smallest absolute Gasteiger partial charge is 0.261 e. The minimum atomic E-state index is -0.314. The quantitative estimate of drug-likeness (QED) is 0.217. The zero-order chi connectivity index (χ0) is 38.8. The van der Waals surface area contributed by atoms with Crippen LogP contribution in [0, 0.1) is 0 Å². The first-order valence-electron chi connectivity index (χ1n) is 21.0. The number of fused-ring (bicyclic) bond motifs is 4. The number of hydrogen-bond donors (Lipinski definition) is 0. The Kier molecular flexibility index (Phi) is 9.48. The molecule has 0 amide bonds. The Morgan fingerprint density at radius 3 is 0.536 bits per heavy atom. The van der Waals surface area contributed by atoms with E-state index in [4.69, 9.17) is 0 Å². The van der Waals surface area contributed by atoms with E-state index in [0.29, 0.717) is 0 Å². The third-order valence-corrected chi connectivity index (χ3v) is 13.7. The van der Waals surface area contributed by atoms with Gasteiger partial charge in [-0.1, -0.05) is 77.0 Å². The summed E-state index contributed by atoms with van der Waals surface area (Å²) in [6, 6.07) is 5.71. The molecule has 0 atom stereocenters. The summed E-state index contributed by atoms with van der Waals surface area (Å²) in [7, 11) is 0. The van der Waals surface area contributed by atoms with Crippen molar-refractivity contribution >= 4 is 43.1 Å². The van der Waals surface area contributed by atoms with Crippen LogP contribution in [0.4, 0.5) is 0 Å². The van der Waals surface area contributed by atoms with Crippen molar-refractivity contribution in [1.82, 2.24) is 18.3 Å². The Balaban J connectivity index is 0.000000146. The first kappa shape index (κ1) is 36.6. The van der Waals surface area contributed by atoms with Gasteiger partial charge in [0.1, 0.15) is 0 Å². The molecule has 0 bridgehead atoms. The standard InChI is InChI=1S/2C22H24N2O4/c2*25-19-15-11-17-18(22(28)24(21(17)27)14-9-5-2-6-10-14)12-16(15)20(26)23(19)13-7-3-1-4-8-13/h2*11-14H,1-10H2. The fourth-order valence-electron chi connectivity index (χ4n) is 10.7. The Morgan fingerprint density at radius 1 is 0.250 bits per heavy atom. The maximum atomic E-state index is 13.0. The van der Waals surface area contributed by atoms with Gasteiger partial charge in [-0.25, -0.2) is 0 Å². The van der Waals surface area contributed by atoms with Gasteiger partial charge < -0.3 is 0 Å². The molecule has 56 heavy (non-hydrogen) atoms. The van der Waals surface area contributed by atoms with Crippen LogP contribution in [0.3, 0.4) is 0 Å². The van der Waals surface area contributed by atoms with Crippen LogP contribution in [0.5, 0.6) is 0 Å². The lowest BCUT2D eigenvalue weighted by Crippen LogP contribution is -2.31. The molecule has 0 N–H and O–H groups in total. The summed E-state index contributed by atoms with van der Waals surface area (Å²) in [6.45, 7) is 0. The third kappa shape index (κ3) is 5.84. The third-order valence-electron chi connectivity index (χ3n) is 13.7. The molecule has 4 aromatic heterocycles. The lowest BCUT2D eigenvalue weighted by Gasteiger charge is -2.21. The minimum Gasteiger partial charge on any atom is -0.271 e. The zero-order valence-electron chi connectivity index (χ0n) is 31.8. The average molecular weight is 761 g/mol. The average Bonchev–Trinajstić information content (AvgIpc) is 3.83. The summed E-state index contributed by atoms with van der Waals surface area (Å²) in [5, 5.41) is 2.23. The first-order chi connectivity index (χ1) is 27.2. The predicted molar refractivity (Wildman–Crippen MR) is 218 cm³/mol. The van der Waals surface area contributed by atoms with Crippen LogP contribution in [0.2, 0.25) is 0 Å². The number of aromatic nitrogens is 4. The molecule has 4 aliphatic rings. The molecule has 4 saturated carbocycles. The summed E-state index contributed by atoms with van der Waals surface area (Å²) in [5.74, 6) is 0. The highest BCUT2D eigenvalue weighted by Gasteiger charge is 2.29. The fraction of sp³-hybridized carbons (Fsp3) is 0.545. The molecule has 12 heteroatoms. The SMILES string of the molecule is O=c1c2cc3c(=O)n(C4CCCCC4)c(=O)c3cc2c(=O)n1C1CCCCC1.O=c1c2cc3c(=O)n(C4CCCCC4)c(=O)c3cc2c(=O)n1C1CCCCC1. The molecule has 0 unspecified atom stereocenters. The van der Waals surface area contributed by atoms with Gasteiger partial charge in [-0.2, -0.15) is 0 Å². The summed E-state index contributed by atoms with van der Waals surface area (Å²) in [6.07, 6.45) is 19.3. The highest BCUT2D eigenvalue weighted by Crippen LogP contribution is 2.31. The van der Waals surface area contributed by atoms with E-state index in [-0.39, 0.29) is 112 Å². The molecule has 0 aliphatic heterocycles. The van der Waals surface area contributed by atoms with Crippen molar-refractivity contribution in [2.75, 3.05) is 0 Å². The summed E-state index contributed by atoms with van der Waals surface area (Å²) >= 11 is 0. The summed E-state index contributed by atoms with van der Waals surface area (Å²) in [4.78, 5) is 104. The monoisotopic (exact) mass is 760 g/mol. The lowest BCUT2D eigenvalue weighted by atomic mass is 9.95. The molecule has 2 aromatic carbocycles. The molecule has 6 aromatic rings. The highest BCUT2D eigenvalue weighted by atomic mass is 16.2. The molecule has 4 heterocycles. The van der Waals surface area contributed by atoms with Crippen molar-refractivity contribution in [3.63, 3.8) is 0 Å². The van der Waals surface area contributed by atoms with Crippen LogP contribution in [0.25, 0.3) is 43.1 Å². The molecule has 0 radical (unpaired) electrons. The van der Waals surface area contributed by atoms with Gasteiger partial charge in [-0.15, -0.1) is 0 Å². The minimum absolute atomic E-state index is 0.0684. The highest BCUT2D eigenvalue weighted by molar-refractivity contribution is 5.99. The molecule has 4 aliphatic carbocycles.